The molecular weight excluding hydrogens is 338 g/mol. The Morgan fingerprint density at radius 2 is 1.78 bits per heavy atom. The fourth-order valence-corrected chi connectivity index (χ4v) is 3.54. The topological polar surface area (TPSA) is 52.7 Å². The van der Waals surface area contributed by atoms with Crippen LogP contribution in [0.4, 0.5) is 11.4 Å². The molecule has 1 heterocycles. The molecule has 0 saturated heterocycles. The lowest BCUT2D eigenvalue weighted by molar-refractivity contribution is -0.124. The zero-order chi connectivity index (χ0) is 19.6. The van der Waals surface area contributed by atoms with Crippen molar-refractivity contribution in [1.82, 2.24) is 4.90 Å². The van der Waals surface area contributed by atoms with Gasteiger partial charge in [0.15, 0.2) is 0 Å². The molecule has 1 aliphatic rings. The lowest BCUT2D eigenvalue weighted by atomic mass is 10.1. The van der Waals surface area contributed by atoms with Crippen LogP contribution in [0.15, 0.2) is 42.5 Å². The predicted octanol–water partition coefficient (Wildman–Crippen LogP) is 3.15. The van der Waals surface area contributed by atoms with Crippen LogP contribution in [0, 0.1) is 13.8 Å². The first-order chi connectivity index (χ1) is 12.9. The van der Waals surface area contributed by atoms with E-state index in [1.54, 1.807) is 4.90 Å². The van der Waals surface area contributed by atoms with Gasteiger partial charge < -0.3 is 10.2 Å². The van der Waals surface area contributed by atoms with Gasteiger partial charge in [-0.1, -0.05) is 36.4 Å². The summed E-state index contributed by atoms with van der Waals surface area (Å²) in [4.78, 5) is 29.1. The van der Waals surface area contributed by atoms with E-state index >= 15 is 0 Å². The van der Waals surface area contributed by atoms with Gasteiger partial charge >= 0.3 is 0 Å². The molecule has 0 fully saturated rings. The van der Waals surface area contributed by atoms with Gasteiger partial charge in [0, 0.05) is 17.9 Å². The highest BCUT2D eigenvalue weighted by molar-refractivity contribution is 5.99. The molecule has 0 spiro atoms. The highest BCUT2D eigenvalue weighted by Crippen LogP contribution is 2.28. The number of hydrogen-bond donors (Lipinski definition) is 1. The molecule has 2 aromatic carbocycles. The summed E-state index contributed by atoms with van der Waals surface area (Å²) in [6.45, 7) is 6.67. The smallest absolute Gasteiger partial charge is 0.244 e. The van der Waals surface area contributed by atoms with Crippen LogP contribution in [-0.4, -0.2) is 42.9 Å². The number of likely N-dealkylation sites (N-methyl/N-ethyl adjacent to an activating group) is 1. The molecule has 1 N–H and O–H groups in total. The molecule has 0 aliphatic carbocycles. The number of carbonyl (C=O) groups is 2. The van der Waals surface area contributed by atoms with Gasteiger partial charge in [-0.2, -0.15) is 0 Å². The second kappa shape index (κ2) is 7.92. The summed E-state index contributed by atoms with van der Waals surface area (Å²) in [5.41, 5.74) is 5.10. The monoisotopic (exact) mass is 365 g/mol. The van der Waals surface area contributed by atoms with Crippen LogP contribution in [0.3, 0.4) is 0 Å². The van der Waals surface area contributed by atoms with E-state index in [-0.39, 0.29) is 24.4 Å². The van der Waals surface area contributed by atoms with Crippen molar-refractivity contribution < 1.29 is 9.59 Å². The number of hydrogen-bond acceptors (Lipinski definition) is 3. The summed E-state index contributed by atoms with van der Waals surface area (Å²) in [5, 5.41) is 2.98. The average molecular weight is 365 g/mol. The third kappa shape index (κ3) is 4.03. The Bertz CT molecular complexity index is 842. The van der Waals surface area contributed by atoms with Crippen LogP contribution in [0.5, 0.6) is 0 Å². The Morgan fingerprint density at radius 3 is 2.48 bits per heavy atom. The first-order valence-corrected chi connectivity index (χ1v) is 9.34. The number of nitrogens with one attached hydrogen (secondary N) is 1. The van der Waals surface area contributed by atoms with E-state index in [1.165, 1.54) is 5.56 Å². The number of nitrogens with zero attached hydrogens (tertiary/aromatic N) is 2. The maximum Gasteiger partial charge on any atom is 0.244 e. The van der Waals surface area contributed by atoms with Crippen molar-refractivity contribution in [3.05, 3.63) is 59.2 Å². The van der Waals surface area contributed by atoms with Crippen LogP contribution in [0.2, 0.25) is 0 Å². The van der Waals surface area contributed by atoms with Crippen molar-refractivity contribution in [2.45, 2.75) is 33.2 Å². The number of para-hydroxylation sites is 2. The molecule has 27 heavy (non-hydrogen) atoms. The average Bonchev–Trinajstić information content (AvgIpc) is 3.07. The van der Waals surface area contributed by atoms with Crippen molar-refractivity contribution >= 4 is 23.2 Å². The van der Waals surface area contributed by atoms with Gasteiger partial charge in [-0.3, -0.25) is 14.5 Å². The van der Waals surface area contributed by atoms with Crippen molar-refractivity contribution in [3.8, 4) is 0 Å². The van der Waals surface area contributed by atoms with Gasteiger partial charge in [-0.15, -0.1) is 0 Å². The molecule has 0 saturated carbocycles. The highest BCUT2D eigenvalue weighted by atomic mass is 16.2. The van der Waals surface area contributed by atoms with E-state index in [4.69, 9.17) is 0 Å². The summed E-state index contributed by atoms with van der Waals surface area (Å²) < 4.78 is 0. The highest BCUT2D eigenvalue weighted by Gasteiger charge is 2.30. The maximum atomic E-state index is 13.0. The quantitative estimate of drug-likeness (QED) is 0.886. The SMILES string of the molecule is Cc1cccc(C)c1NC(=O)CN(C)C(C)C(=O)N1CCc2ccccc21. The van der Waals surface area contributed by atoms with Gasteiger partial charge in [0.25, 0.3) is 0 Å². The molecule has 3 rings (SSSR count). The van der Waals surface area contributed by atoms with Crippen LogP contribution in [0.1, 0.15) is 23.6 Å². The zero-order valence-electron chi connectivity index (χ0n) is 16.5. The summed E-state index contributed by atoms with van der Waals surface area (Å²) in [7, 11) is 1.81. The second-order valence-corrected chi connectivity index (χ2v) is 7.27. The Morgan fingerprint density at radius 1 is 1.11 bits per heavy atom. The summed E-state index contributed by atoms with van der Waals surface area (Å²) in [6.07, 6.45) is 0.880. The normalized spacial score (nSPS) is 14.2. The summed E-state index contributed by atoms with van der Waals surface area (Å²) in [5.74, 6) is -0.0845. The third-order valence-corrected chi connectivity index (χ3v) is 5.31. The fourth-order valence-electron chi connectivity index (χ4n) is 3.54. The van der Waals surface area contributed by atoms with Crippen molar-refractivity contribution in [2.75, 3.05) is 30.4 Å². The molecular formula is C22H27N3O2. The first-order valence-electron chi connectivity index (χ1n) is 9.34. The number of fused-ring (bicyclic) bond motifs is 1. The van der Waals surface area contributed by atoms with Gasteiger partial charge in [0.1, 0.15) is 0 Å². The van der Waals surface area contributed by atoms with Crippen molar-refractivity contribution in [2.24, 2.45) is 0 Å². The molecule has 142 valence electrons. The molecule has 2 amide bonds. The minimum atomic E-state index is -0.375. The fraction of sp³-hybridized carbons (Fsp3) is 0.364. The van der Waals surface area contributed by atoms with Crippen LogP contribution < -0.4 is 10.2 Å². The Labute approximate surface area is 161 Å². The maximum absolute atomic E-state index is 13.0. The van der Waals surface area contributed by atoms with Gasteiger partial charge in [-0.25, -0.2) is 0 Å². The largest absolute Gasteiger partial charge is 0.324 e. The number of rotatable bonds is 5. The first kappa shape index (κ1) is 19.1. The molecule has 0 radical (unpaired) electrons. The predicted molar refractivity (Wildman–Crippen MR) is 109 cm³/mol. The van der Waals surface area contributed by atoms with E-state index in [2.05, 4.69) is 11.4 Å². The number of anilines is 2. The molecule has 5 nitrogen and oxygen atoms in total. The van der Waals surface area contributed by atoms with Crippen LogP contribution in [-0.2, 0) is 16.0 Å². The third-order valence-electron chi connectivity index (χ3n) is 5.31. The molecule has 1 unspecified atom stereocenters. The Hall–Kier alpha value is -2.66. The van der Waals surface area contributed by atoms with Crippen LogP contribution in [0.25, 0.3) is 0 Å². The molecule has 0 bridgehead atoms. The van der Waals surface area contributed by atoms with E-state index in [0.29, 0.717) is 6.54 Å². The standard InChI is InChI=1S/C22H27N3O2/c1-15-8-7-9-16(2)21(15)23-20(26)14-24(4)17(3)22(27)25-13-12-18-10-5-6-11-19(18)25/h5-11,17H,12-14H2,1-4H3,(H,23,26). The van der Waals surface area contributed by atoms with E-state index in [9.17, 15) is 9.59 Å². The minimum absolute atomic E-state index is 0.0299. The lowest BCUT2D eigenvalue weighted by Crippen LogP contribution is -2.47. The van der Waals surface area contributed by atoms with Crippen molar-refractivity contribution in [1.29, 1.82) is 0 Å². The van der Waals surface area contributed by atoms with Crippen molar-refractivity contribution in [3.63, 3.8) is 0 Å². The molecule has 2 aromatic rings. The second-order valence-electron chi connectivity index (χ2n) is 7.27. The lowest BCUT2D eigenvalue weighted by Gasteiger charge is -2.28. The van der Waals surface area contributed by atoms with E-state index < -0.39 is 0 Å². The Kier molecular flexibility index (Phi) is 5.61. The number of aryl methyl sites for hydroxylation is 2. The molecule has 5 heteroatoms. The molecule has 1 aliphatic heterocycles. The zero-order valence-corrected chi connectivity index (χ0v) is 16.5. The van der Waals surface area contributed by atoms with Gasteiger partial charge in [0.2, 0.25) is 11.8 Å². The molecule has 0 aromatic heterocycles. The van der Waals surface area contributed by atoms with E-state index in [0.717, 1.165) is 28.9 Å². The number of amides is 2. The number of carbonyl (C=O) groups excluding carboxylic acids is 2. The van der Waals surface area contributed by atoms with E-state index in [1.807, 2.05) is 69.1 Å². The van der Waals surface area contributed by atoms with Gasteiger partial charge in [-0.05, 0) is 57.0 Å². The van der Waals surface area contributed by atoms with Crippen LogP contribution >= 0.6 is 0 Å². The van der Waals surface area contributed by atoms with Gasteiger partial charge in [0.05, 0.1) is 12.6 Å². The minimum Gasteiger partial charge on any atom is -0.324 e. The summed E-state index contributed by atoms with van der Waals surface area (Å²) in [6, 6.07) is 13.6. The molecule has 1 atom stereocenters. The Balaban J connectivity index is 1.63. The summed E-state index contributed by atoms with van der Waals surface area (Å²) >= 11 is 0. The number of benzene rings is 2.